The summed E-state index contributed by atoms with van der Waals surface area (Å²) in [5.74, 6) is -0.834. The van der Waals surface area contributed by atoms with Crippen LogP contribution in [0.15, 0.2) is 0 Å². The van der Waals surface area contributed by atoms with E-state index in [2.05, 4.69) is 31.3 Å². The maximum atomic E-state index is 11.5. The quantitative estimate of drug-likeness (QED) is 0.435. The number of carbonyl (C=O) groups excluding carboxylic acids is 1. The largest absolute Gasteiger partial charge is 0.481 e. The topological polar surface area (TPSA) is 153 Å². The molecule has 0 bridgehead atoms. The van der Waals surface area contributed by atoms with Crippen LogP contribution in [0, 0.1) is 0 Å². The van der Waals surface area contributed by atoms with Crippen molar-refractivity contribution in [3.05, 3.63) is 5.82 Å². The van der Waals surface area contributed by atoms with E-state index in [9.17, 15) is 14.7 Å². The maximum absolute atomic E-state index is 11.5. The van der Waals surface area contributed by atoms with Crippen LogP contribution < -0.4 is 10.6 Å². The Kier molecular flexibility index (Phi) is 4.75. The van der Waals surface area contributed by atoms with Gasteiger partial charge in [-0.3, -0.25) is 4.79 Å². The molecule has 1 rings (SSSR count). The Morgan fingerprint density at radius 1 is 1.53 bits per heavy atom. The van der Waals surface area contributed by atoms with Gasteiger partial charge in [0.15, 0.2) is 5.82 Å². The van der Waals surface area contributed by atoms with Crippen molar-refractivity contribution in [2.45, 2.75) is 31.9 Å². The van der Waals surface area contributed by atoms with Gasteiger partial charge in [-0.15, -0.1) is 10.2 Å². The highest BCUT2D eigenvalue weighted by Crippen LogP contribution is 2.07. The number of amides is 2. The lowest BCUT2D eigenvalue weighted by Crippen LogP contribution is -2.46. The zero-order valence-corrected chi connectivity index (χ0v) is 10.5. The minimum atomic E-state index is -1.52. The summed E-state index contributed by atoms with van der Waals surface area (Å²) in [5.41, 5.74) is -1.52. The number of aliphatic hydroxyl groups is 1. The highest BCUT2D eigenvalue weighted by atomic mass is 16.4. The Morgan fingerprint density at radius 2 is 2.21 bits per heavy atom. The predicted octanol–water partition coefficient (Wildman–Crippen LogP) is -1.21. The Morgan fingerprint density at radius 3 is 2.74 bits per heavy atom. The molecule has 10 nitrogen and oxygen atoms in total. The summed E-state index contributed by atoms with van der Waals surface area (Å²) < 4.78 is 0. The summed E-state index contributed by atoms with van der Waals surface area (Å²) in [4.78, 5) is 22.0. The summed E-state index contributed by atoms with van der Waals surface area (Å²) >= 11 is 0. The third kappa shape index (κ3) is 5.29. The molecule has 0 saturated carbocycles. The fourth-order valence-electron chi connectivity index (χ4n) is 1.32. The fraction of sp³-hybridized carbons (Fsp3) is 0.667. The molecule has 2 amide bonds. The number of hydrogen-bond acceptors (Lipinski definition) is 6. The minimum absolute atomic E-state index is 0.190. The molecule has 1 heterocycles. The van der Waals surface area contributed by atoms with Crippen molar-refractivity contribution < 1.29 is 19.8 Å². The highest BCUT2D eigenvalue weighted by molar-refractivity contribution is 5.74. The maximum Gasteiger partial charge on any atom is 0.315 e. The van der Waals surface area contributed by atoms with Crippen LogP contribution in [0.2, 0.25) is 0 Å². The molecule has 1 aromatic rings. The first kappa shape index (κ1) is 14.8. The van der Waals surface area contributed by atoms with E-state index in [0.717, 1.165) is 0 Å². The first-order valence-electron chi connectivity index (χ1n) is 5.52. The van der Waals surface area contributed by atoms with Crippen LogP contribution in [0.3, 0.4) is 0 Å². The molecule has 0 aliphatic carbocycles. The van der Waals surface area contributed by atoms with Gasteiger partial charge < -0.3 is 20.8 Å². The number of aromatic amines is 1. The zero-order valence-electron chi connectivity index (χ0n) is 10.5. The molecule has 0 fully saturated rings. The molecule has 2 atom stereocenters. The number of nitrogens with zero attached hydrogens (tertiary/aromatic N) is 3. The molecule has 10 heteroatoms. The predicted molar refractivity (Wildman–Crippen MR) is 62.0 cm³/mol. The van der Waals surface area contributed by atoms with E-state index in [1.54, 1.807) is 6.92 Å². The Bertz CT molecular complexity index is 432. The minimum Gasteiger partial charge on any atom is -0.481 e. The number of carbonyl (C=O) groups is 2. The SMILES string of the molecule is CC(NC(=O)NCC(C)(O)CC(=O)O)c1nn[nH]n1. The summed E-state index contributed by atoms with van der Waals surface area (Å²) in [6.07, 6.45) is -0.465. The van der Waals surface area contributed by atoms with Crippen molar-refractivity contribution in [2.75, 3.05) is 6.54 Å². The zero-order chi connectivity index (χ0) is 14.5. The summed E-state index contributed by atoms with van der Waals surface area (Å²) in [6, 6.07) is -1.04. The van der Waals surface area contributed by atoms with Gasteiger partial charge in [-0.25, -0.2) is 4.79 Å². The average molecular weight is 272 g/mol. The van der Waals surface area contributed by atoms with E-state index in [1.165, 1.54) is 6.92 Å². The third-order valence-electron chi connectivity index (χ3n) is 2.26. The fourth-order valence-corrected chi connectivity index (χ4v) is 1.32. The standard InChI is InChI=1S/C9H16N6O4/c1-5(7-12-14-15-13-7)11-8(18)10-4-9(2,19)3-6(16)17/h5,19H,3-4H2,1-2H3,(H,16,17)(H2,10,11,18)(H,12,13,14,15). The molecule has 0 aliphatic rings. The number of rotatable bonds is 6. The van der Waals surface area contributed by atoms with Gasteiger partial charge in [-0.1, -0.05) is 5.21 Å². The van der Waals surface area contributed by atoms with Crippen LogP contribution in [0.25, 0.3) is 0 Å². The lowest BCUT2D eigenvalue weighted by Gasteiger charge is -2.22. The Labute approximate surface area is 108 Å². The number of aliphatic carboxylic acids is 1. The van der Waals surface area contributed by atoms with Crippen molar-refractivity contribution in [2.24, 2.45) is 0 Å². The molecule has 0 radical (unpaired) electrons. The van der Waals surface area contributed by atoms with Crippen LogP contribution >= 0.6 is 0 Å². The van der Waals surface area contributed by atoms with Crippen molar-refractivity contribution in [1.29, 1.82) is 0 Å². The number of aromatic nitrogens is 4. The number of carboxylic acids is 1. The molecule has 2 unspecified atom stereocenters. The van der Waals surface area contributed by atoms with Crippen LogP contribution in [0.1, 0.15) is 32.1 Å². The first-order valence-corrected chi connectivity index (χ1v) is 5.52. The van der Waals surface area contributed by atoms with E-state index in [1.807, 2.05) is 0 Å². The van der Waals surface area contributed by atoms with E-state index in [4.69, 9.17) is 5.11 Å². The second-order valence-electron chi connectivity index (χ2n) is 4.39. The third-order valence-corrected chi connectivity index (χ3v) is 2.26. The highest BCUT2D eigenvalue weighted by Gasteiger charge is 2.25. The van der Waals surface area contributed by atoms with Crippen LogP contribution in [0.4, 0.5) is 4.79 Å². The first-order chi connectivity index (χ1) is 8.80. The molecule has 1 aromatic heterocycles. The van der Waals surface area contributed by atoms with E-state index in [-0.39, 0.29) is 6.54 Å². The number of hydrogen-bond donors (Lipinski definition) is 5. The van der Waals surface area contributed by atoms with Gasteiger partial charge in [-0.2, -0.15) is 5.21 Å². The van der Waals surface area contributed by atoms with Gasteiger partial charge in [-0.05, 0) is 13.8 Å². The molecule has 106 valence electrons. The van der Waals surface area contributed by atoms with Crippen molar-refractivity contribution in [3.8, 4) is 0 Å². The number of tetrazole rings is 1. The van der Waals surface area contributed by atoms with Crippen molar-refractivity contribution >= 4 is 12.0 Å². The molecule has 0 spiro atoms. The number of carboxylic acid groups (broad SMARTS) is 1. The van der Waals surface area contributed by atoms with Crippen LogP contribution in [0.5, 0.6) is 0 Å². The summed E-state index contributed by atoms with van der Waals surface area (Å²) in [5, 5.41) is 36.2. The number of H-pyrrole nitrogens is 1. The molecule has 5 N–H and O–H groups in total. The van der Waals surface area contributed by atoms with Crippen LogP contribution in [-0.4, -0.2) is 55.0 Å². The van der Waals surface area contributed by atoms with E-state index < -0.39 is 30.1 Å². The van der Waals surface area contributed by atoms with Crippen LogP contribution in [-0.2, 0) is 4.79 Å². The molecule has 0 saturated heterocycles. The monoisotopic (exact) mass is 272 g/mol. The molecule has 19 heavy (non-hydrogen) atoms. The van der Waals surface area contributed by atoms with Gasteiger partial charge in [0, 0.05) is 6.54 Å². The number of urea groups is 1. The van der Waals surface area contributed by atoms with Gasteiger partial charge >= 0.3 is 12.0 Å². The smallest absolute Gasteiger partial charge is 0.315 e. The molecular formula is C9H16N6O4. The van der Waals surface area contributed by atoms with Gasteiger partial charge in [0.1, 0.15) is 0 Å². The summed E-state index contributed by atoms with van der Waals surface area (Å²) in [6.45, 7) is 2.79. The van der Waals surface area contributed by atoms with Crippen molar-refractivity contribution in [3.63, 3.8) is 0 Å². The lowest BCUT2D eigenvalue weighted by molar-refractivity contribution is -0.141. The van der Waals surface area contributed by atoms with Gasteiger partial charge in [0.05, 0.1) is 18.1 Å². The van der Waals surface area contributed by atoms with E-state index in [0.29, 0.717) is 5.82 Å². The van der Waals surface area contributed by atoms with E-state index >= 15 is 0 Å². The number of nitrogens with one attached hydrogen (secondary N) is 3. The van der Waals surface area contributed by atoms with Gasteiger partial charge in [0.2, 0.25) is 0 Å². The Hall–Kier alpha value is -2.23. The van der Waals surface area contributed by atoms with Crippen molar-refractivity contribution in [1.82, 2.24) is 31.3 Å². The summed E-state index contributed by atoms with van der Waals surface area (Å²) in [7, 11) is 0. The second-order valence-corrected chi connectivity index (χ2v) is 4.39. The lowest BCUT2D eigenvalue weighted by atomic mass is 10.0. The molecular weight excluding hydrogens is 256 g/mol. The average Bonchev–Trinajstić information content (AvgIpc) is 2.78. The van der Waals surface area contributed by atoms with Gasteiger partial charge in [0.25, 0.3) is 0 Å². The molecule has 0 aliphatic heterocycles. The molecule has 0 aromatic carbocycles. The Balaban J connectivity index is 2.37. The second kappa shape index (κ2) is 6.09. The normalized spacial score (nSPS) is 15.3.